The number of aromatic hydroxyl groups is 1. The van der Waals surface area contributed by atoms with Crippen molar-refractivity contribution in [2.45, 2.75) is 178 Å². The number of carbonyl (C=O) groups is 14. The highest BCUT2D eigenvalue weighted by atomic mass is 16.6. The van der Waals surface area contributed by atoms with Crippen LogP contribution in [0.5, 0.6) is 5.75 Å². The van der Waals surface area contributed by atoms with E-state index >= 15 is 0 Å². The number of H-pyrrole nitrogens is 2. The van der Waals surface area contributed by atoms with E-state index < -0.39 is 187 Å². The zero-order chi connectivity index (χ0) is 89.5. The van der Waals surface area contributed by atoms with Crippen LogP contribution < -0.4 is 75.5 Å². The van der Waals surface area contributed by atoms with E-state index in [4.69, 9.17) is 25.9 Å². The lowest BCUT2D eigenvalue weighted by atomic mass is 9.85. The molecule has 0 radical (unpaired) electrons. The third kappa shape index (κ3) is 23.8. The van der Waals surface area contributed by atoms with E-state index in [-0.39, 0.29) is 88.0 Å². The Morgan fingerprint density at radius 3 is 1.90 bits per heavy atom. The van der Waals surface area contributed by atoms with Gasteiger partial charge in [-0.15, -0.1) is 0 Å². The molecule has 38 heteroatoms. The number of aromatic amines is 2. The molecular weight excluding hydrogens is 1600 g/mol. The van der Waals surface area contributed by atoms with E-state index in [1.807, 2.05) is 37.3 Å². The van der Waals surface area contributed by atoms with Crippen molar-refractivity contribution in [1.82, 2.24) is 87.9 Å². The summed E-state index contributed by atoms with van der Waals surface area (Å²) in [5.41, 5.74) is 13.5. The van der Waals surface area contributed by atoms with E-state index in [1.165, 1.54) is 48.3 Å². The van der Waals surface area contributed by atoms with Crippen LogP contribution in [0, 0.1) is 5.92 Å². The molecule has 2 aliphatic heterocycles. The van der Waals surface area contributed by atoms with Crippen molar-refractivity contribution in [2.24, 2.45) is 17.4 Å². The average Bonchev–Trinajstić information content (AvgIpc) is 1.48. The van der Waals surface area contributed by atoms with Crippen LogP contribution >= 0.6 is 0 Å². The Morgan fingerprint density at radius 1 is 0.637 bits per heavy atom. The quantitative estimate of drug-likeness (QED) is 0.0225. The van der Waals surface area contributed by atoms with Gasteiger partial charge in [-0.3, -0.25) is 67.2 Å². The molecule has 13 amide bonds. The first kappa shape index (κ1) is 92.4. The number of hydrogen-bond acceptors (Lipinski definition) is 22. The maximum Gasteiger partial charge on any atom is 0.411 e. The van der Waals surface area contributed by atoms with Gasteiger partial charge in [0, 0.05) is 104 Å². The maximum absolute atomic E-state index is 14.9. The highest BCUT2D eigenvalue weighted by molar-refractivity contribution is 6.00. The number of amides is 13. The van der Waals surface area contributed by atoms with E-state index in [0.717, 1.165) is 22.3 Å². The molecule has 38 nitrogen and oxygen atoms in total. The SMILES string of the molecule is CCCC[C@H](NC(=O)[C@H](Cc1ccccc1)NC(=O)[C@H](Cc1cnc[nH]1)NC(=O)CCNC(=O)[C@@H](NC(=O)[C@H](C)NC(=O)[C@H](Cc1c[nH]c2ccccc12)NC(=O)[C@H](CCC(N)=O)NC(=O)[C@@H](Cc1ccc(O)cc1)NC(=O)[C@@H](CO)NC(=O)CN(CCNC)C(=O)OC1(CC)C(=O)OCc2c1cc1n(c2=O)Cc2cc3ccccc3nc2-1)C(C)C)C(N)=O. The van der Waals surface area contributed by atoms with Gasteiger partial charge < -0.3 is 104 Å². The van der Waals surface area contributed by atoms with Crippen molar-refractivity contribution in [2.75, 3.05) is 39.8 Å². The van der Waals surface area contributed by atoms with Gasteiger partial charge in [-0.2, -0.15) is 0 Å². The Labute approximate surface area is 712 Å². The van der Waals surface area contributed by atoms with Crippen LogP contribution in [0.15, 0.2) is 139 Å². The number of unbranched alkanes of at least 4 members (excludes halogenated alkanes) is 1. The summed E-state index contributed by atoms with van der Waals surface area (Å²) in [6, 6.07) is 18.9. The summed E-state index contributed by atoms with van der Waals surface area (Å²) in [6.07, 6.45) is 2.34. The lowest BCUT2D eigenvalue weighted by Crippen LogP contribution is -2.60. The van der Waals surface area contributed by atoms with Crippen LogP contribution in [0.4, 0.5) is 4.79 Å². The first-order valence-electron chi connectivity index (χ1n) is 40.9. The highest BCUT2D eigenvalue weighted by Crippen LogP contribution is 2.41. The standard InChI is InChI=1S/C86H105N19O19/c1-7-9-21-61(74(88)111)98-78(115)63(34-49-17-11-10-12-18-49)100-80(117)66(38-54-41-90-46-93-54)95-70(109)30-31-91-82(119)72(47(3)4)103-75(112)48(5)94-77(114)65(37-52-40-92-60-23-16-14-20-56(52)60)102-76(113)62(28-29-69(87)108)99-79(116)64(35-50-24-26-55(107)27-25-50)101-81(118)67(44-106)96-71(110)43-104(33-32-89-6)85(122)124-86(8-2)58-39-68-73-53(36-51-19-13-15-22-59(51)97-73)42-105(68)83(120)57(58)45-123-84(86)121/h10-20,22-27,36,39-41,46-48,61-67,72,89,92,106-107H,7-9,21,28-35,37-38,42-45H2,1-6H3,(H2,87,108)(H2,88,111)(H,90,93)(H,91,119)(H,94,114)(H,95,109)(H,96,110)(H,98,115)(H,99,116)(H,100,117)(H,101,118)(H,102,113)(H,103,112)/t48-,61-,62-,63-,64+,65-,66-,67+,72-,86?/m0/s1. The van der Waals surface area contributed by atoms with Crippen molar-refractivity contribution in [3.8, 4) is 17.1 Å². The zero-order valence-electron chi connectivity index (χ0n) is 69.5. The number of aliphatic hydroxyl groups excluding tert-OH is 1. The van der Waals surface area contributed by atoms with Crippen LogP contribution in [-0.4, -0.2) is 217 Å². The fraction of sp³-hybridized carbons (Fsp3) is 0.407. The molecule has 10 rings (SSSR count). The molecule has 19 N–H and O–H groups in total. The maximum atomic E-state index is 14.9. The number of primary amides is 2. The molecule has 4 aromatic heterocycles. The minimum absolute atomic E-state index is 0.00364. The van der Waals surface area contributed by atoms with Gasteiger partial charge in [-0.1, -0.05) is 119 Å². The number of phenolic OH excluding ortho intramolecular Hbond substituents is 1. The molecule has 0 saturated heterocycles. The van der Waals surface area contributed by atoms with Gasteiger partial charge in [0.25, 0.3) is 5.56 Å². The average molecular weight is 1710 g/mol. The summed E-state index contributed by atoms with van der Waals surface area (Å²) in [5.74, 6) is -12.5. The van der Waals surface area contributed by atoms with Gasteiger partial charge in [-0.25, -0.2) is 19.6 Å². The number of likely N-dealkylation sites (N-methyl/N-ethyl adjacent to an activating group) is 1. The van der Waals surface area contributed by atoms with Gasteiger partial charge in [0.05, 0.1) is 41.9 Å². The summed E-state index contributed by atoms with van der Waals surface area (Å²) in [7, 11) is 1.56. The Balaban J connectivity index is 0.796. The number of hydrogen-bond donors (Lipinski definition) is 17. The lowest BCUT2D eigenvalue weighted by Gasteiger charge is -2.37. The number of nitrogens with two attached hydrogens (primary N) is 2. The molecule has 10 atom stereocenters. The Morgan fingerprint density at radius 2 is 1.25 bits per heavy atom. The van der Waals surface area contributed by atoms with Crippen LogP contribution in [0.2, 0.25) is 0 Å². The number of esters is 1. The van der Waals surface area contributed by atoms with Gasteiger partial charge >= 0.3 is 12.1 Å². The van der Waals surface area contributed by atoms with Crippen molar-refractivity contribution in [3.05, 3.63) is 183 Å². The number of fused-ring (bicyclic) bond motifs is 6. The predicted octanol–water partition coefficient (Wildman–Crippen LogP) is 0.105. The summed E-state index contributed by atoms with van der Waals surface area (Å²) >= 11 is 0. The Hall–Kier alpha value is -13.9. The molecule has 4 aromatic carbocycles. The van der Waals surface area contributed by atoms with E-state index in [1.54, 1.807) is 94.7 Å². The second kappa shape index (κ2) is 43.0. The Kier molecular flexibility index (Phi) is 32.1. The van der Waals surface area contributed by atoms with Crippen molar-refractivity contribution < 1.29 is 86.8 Å². The number of carbonyl (C=O) groups excluding carboxylic acids is 14. The Bertz CT molecular complexity index is 5290. The number of rotatable bonds is 44. The molecule has 8 aromatic rings. The number of nitrogens with zero attached hydrogens (tertiary/aromatic N) is 4. The number of aliphatic hydroxyl groups is 1. The van der Waals surface area contributed by atoms with Gasteiger partial charge in [0.1, 0.15) is 73.3 Å². The first-order chi connectivity index (χ1) is 59.4. The second-order valence-corrected chi connectivity index (χ2v) is 30.8. The molecule has 0 bridgehead atoms. The summed E-state index contributed by atoms with van der Waals surface area (Å²) < 4.78 is 13.2. The monoisotopic (exact) mass is 1710 g/mol. The van der Waals surface area contributed by atoms with Crippen molar-refractivity contribution in [3.63, 3.8) is 0 Å². The molecule has 2 aliphatic rings. The van der Waals surface area contributed by atoms with E-state index in [2.05, 4.69) is 73.4 Å². The fourth-order valence-electron chi connectivity index (χ4n) is 14.6. The number of ether oxygens (including phenoxy) is 2. The summed E-state index contributed by atoms with van der Waals surface area (Å²) in [4.78, 5) is 227. The van der Waals surface area contributed by atoms with Gasteiger partial charge in [-0.05, 0) is 92.2 Å². The number of cyclic esters (lactones) is 1. The summed E-state index contributed by atoms with van der Waals surface area (Å²) in [6.45, 7) is 5.30. The van der Waals surface area contributed by atoms with Crippen LogP contribution in [0.25, 0.3) is 33.2 Å². The number of para-hydroxylation sites is 2. The third-order valence-electron chi connectivity index (χ3n) is 21.5. The molecule has 124 heavy (non-hydrogen) atoms. The van der Waals surface area contributed by atoms with Crippen LogP contribution in [0.3, 0.4) is 0 Å². The number of imidazole rings is 1. The zero-order valence-corrected chi connectivity index (χ0v) is 69.5. The molecule has 658 valence electrons. The lowest BCUT2D eigenvalue weighted by molar-refractivity contribution is -0.173. The van der Waals surface area contributed by atoms with Crippen molar-refractivity contribution in [1.29, 1.82) is 0 Å². The van der Waals surface area contributed by atoms with Crippen LogP contribution in [-0.2, 0) is 116 Å². The second-order valence-electron chi connectivity index (χ2n) is 30.8. The normalized spacial score (nSPS) is 15.3. The molecule has 0 spiro atoms. The smallest absolute Gasteiger partial charge is 0.411 e. The number of phenols is 1. The van der Waals surface area contributed by atoms with Crippen molar-refractivity contribution >= 4 is 105 Å². The van der Waals surface area contributed by atoms with Crippen LogP contribution in [0.1, 0.15) is 119 Å². The van der Waals surface area contributed by atoms with Gasteiger partial charge in [0.15, 0.2) is 0 Å². The van der Waals surface area contributed by atoms with E-state index in [9.17, 15) is 82.1 Å². The third-order valence-corrected chi connectivity index (χ3v) is 21.5. The molecule has 0 fully saturated rings. The number of pyridine rings is 2. The molecule has 1 unspecified atom stereocenters. The highest BCUT2D eigenvalue weighted by Gasteiger charge is 2.52. The molecule has 6 heterocycles. The topological polar surface area (TPSA) is 565 Å². The number of nitrogens with one attached hydrogen (secondary N) is 13. The summed E-state index contributed by atoms with van der Waals surface area (Å²) in [5, 5.41) is 51.4. The fourth-order valence-corrected chi connectivity index (χ4v) is 14.6. The largest absolute Gasteiger partial charge is 0.508 e. The molecular formula is C86H105N19O19. The minimum Gasteiger partial charge on any atom is -0.508 e. The first-order valence-corrected chi connectivity index (χ1v) is 40.9. The predicted molar refractivity (Wildman–Crippen MR) is 450 cm³/mol. The number of aromatic nitrogens is 5. The molecule has 0 aliphatic carbocycles. The molecule has 0 saturated carbocycles. The van der Waals surface area contributed by atoms with Gasteiger partial charge in [0.2, 0.25) is 76.5 Å². The number of benzene rings is 4. The van der Waals surface area contributed by atoms with E-state index in [0.29, 0.717) is 56.6 Å². The minimum atomic E-state index is -2.21.